The number of aliphatic hydroxyl groups is 1. The van der Waals surface area contributed by atoms with Gasteiger partial charge in [-0.2, -0.15) is 0 Å². The predicted octanol–water partition coefficient (Wildman–Crippen LogP) is 3.47. The van der Waals surface area contributed by atoms with Gasteiger partial charge >= 0.3 is 0 Å². The maximum absolute atomic E-state index is 10.9. The second-order valence-corrected chi connectivity index (χ2v) is 5.93. The summed E-state index contributed by atoms with van der Waals surface area (Å²) in [6.45, 7) is 1.42. The minimum atomic E-state index is -0.723. The smallest absolute Gasteiger partial charge is 0.269 e. The van der Waals surface area contributed by atoms with E-state index in [-0.39, 0.29) is 5.69 Å². The Balaban J connectivity index is 1.73. The van der Waals surface area contributed by atoms with Crippen LogP contribution in [0.3, 0.4) is 0 Å². The Morgan fingerprint density at radius 3 is 2.74 bits per heavy atom. The second kappa shape index (κ2) is 6.89. The molecule has 0 saturated carbocycles. The van der Waals surface area contributed by atoms with Crippen LogP contribution < -0.4 is 0 Å². The maximum Gasteiger partial charge on any atom is 0.269 e. The van der Waals surface area contributed by atoms with Crippen LogP contribution in [0.25, 0.3) is 0 Å². The van der Waals surface area contributed by atoms with Crippen LogP contribution in [-0.2, 0) is 0 Å². The van der Waals surface area contributed by atoms with Crippen LogP contribution >= 0.6 is 0 Å². The topological polar surface area (TPSA) is 66.6 Å². The quantitative estimate of drug-likeness (QED) is 0.678. The molecule has 3 rings (SSSR count). The molecule has 0 amide bonds. The van der Waals surface area contributed by atoms with Crippen molar-refractivity contribution >= 4 is 5.69 Å². The largest absolute Gasteiger partial charge is 0.387 e. The molecule has 0 aliphatic carbocycles. The normalized spacial score (nSPS) is 19.6. The molecule has 1 N–H and O–H groups in total. The number of non-ortho nitro benzene ring substituents is 1. The average molecular weight is 312 g/mol. The highest BCUT2D eigenvalue weighted by Gasteiger charge is 2.28. The highest BCUT2D eigenvalue weighted by atomic mass is 16.6. The van der Waals surface area contributed by atoms with E-state index in [1.54, 1.807) is 12.1 Å². The Hall–Kier alpha value is -2.24. The number of rotatable bonds is 5. The van der Waals surface area contributed by atoms with Gasteiger partial charge in [0, 0.05) is 24.7 Å². The molecule has 2 unspecified atom stereocenters. The highest BCUT2D eigenvalue weighted by Crippen LogP contribution is 2.33. The first-order chi connectivity index (χ1) is 11.1. The molecule has 0 radical (unpaired) electrons. The van der Waals surface area contributed by atoms with E-state index in [9.17, 15) is 15.2 Å². The molecule has 5 heteroatoms. The highest BCUT2D eigenvalue weighted by molar-refractivity contribution is 5.35. The molecule has 1 saturated heterocycles. The van der Waals surface area contributed by atoms with E-state index in [1.165, 1.54) is 17.7 Å². The number of likely N-dealkylation sites (tertiary alicyclic amines) is 1. The van der Waals surface area contributed by atoms with Gasteiger partial charge < -0.3 is 5.11 Å². The number of hydrogen-bond acceptors (Lipinski definition) is 4. The van der Waals surface area contributed by atoms with Crippen molar-refractivity contribution in [3.8, 4) is 0 Å². The van der Waals surface area contributed by atoms with Gasteiger partial charge in [0.1, 0.15) is 0 Å². The van der Waals surface area contributed by atoms with Crippen molar-refractivity contribution in [1.82, 2.24) is 4.90 Å². The predicted molar refractivity (Wildman–Crippen MR) is 88.0 cm³/mol. The van der Waals surface area contributed by atoms with Gasteiger partial charge in [0.15, 0.2) is 0 Å². The fourth-order valence-electron chi connectivity index (χ4n) is 3.27. The summed E-state index contributed by atoms with van der Waals surface area (Å²) >= 11 is 0. The first kappa shape index (κ1) is 15.6. The van der Waals surface area contributed by atoms with E-state index >= 15 is 0 Å². The summed E-state index contributed by atoms with van der Waals surface area (Å²) in [7, 11) is 0. The number of aliphatic hydroxyl groups excluding tert-OH is 1. The van der Waals surface area contributed by atoms with E-state index < -0.39 is 11.0 Å². The van der Waals surface area contributed by atoms with Crippen LogP contribution in [-0.4, -0.2) is 28.0 Å². The van der Waals surface area contributed by atoms with Gasteiger partial charge in [-0.1, -0.05) is 42.5 Å². The van der Waals surface area contributed by atoms with E-state index in [2.05, 4.69) is 17.0 Å². The van der Waals surface area contributed by atoms with Crippen molar-refractivity contribution in [3.05, 3.63) is 75.8 Å². The zero-order chi connectivity index (χ0) is 16.2. The number of hydrogen-bond donors (Lipinski definition) is 1. The molecule has 5 nitrogen and oxygen atoms in total. The number of β-amino-alcohol motifs (C(OH)–C–C–N with tert-alkyl or cyclic N) is 1. The molecule has 2 aromatic rings. The second-order valence-electron chi connectivity index (χ2n) is 5.93. The van der Waals surface area contributed by atoms with Gasteiger partial charge in [0.05, 0.1) is 11.0 Å². The van der Waals surface area contributed by atoms with E-state index in [1.807, 2.05) is 18.2 Å². The Bertz CT molecular complexity index is 675. The van der Waals surface area contributed by atoms with Crippen LogP contribution in [0.15, 0.2) is 54.6 Å². The van der Waals surface area contributed by atoms with Gasteiger partial charge in [0.2, 0.25) is 0 Å². The lowest BCUT2D eigenvalue weighted by Gasteiger charge is -2.27. The summed E-state index contributed by atoms with van der Waals surface area (Å²) in [4.78, 5) is 12.7. The number of nitrogens with zero attached hydrogens (tertiary/aromatic N) is 2. The summed E-state index contributed by atoms with van der Waals surface area (Å²) in [5.74, 6) is 0. The molecular formula is C18H20N2O3. The van der Waals surface area contributed by atoms with Crippen LogP contribution in [0, 0.1) is 10.1 Å². The Kier molecular flexibility index (Phi) is 4.69. The lowest BCUT2D eigenvalue weighted by atomic mass is 10.0. The molecule has 1 heterocycles. The summed E-state index contributed by atoms with van der Waals surface area (Å²) < 4.78 is 0. The molecule has 1 aliphatic rings. The maximum atomic E-state index is 10.9. The van der Waals surface area contributed by atoms with Crippen molar-refractivity contribution in [2.24, 2.45) is 0 Å². The van der Waals surface area contributed by atoms with Gasteiger partial charge in [-0.15, -0.1) is 0 Å². The standard InChI is InChI=1S/C18H20N2O3/c21-18(15-8-4-9-16(12-15)20(22)23)13-19-11-5-10-17(19)14-6-2-1-3-7-14/h1-4,6-9,12,17-18,21H,5,10-11,13H2. The molecule has 120 valence electrons. The van der Waals surface area contributed by atoms with Crippen LogP contribution in [0.2, 0.25) is 0 Å². The van der Waals surface area contributed by atoms with Crippen molar-refractivity contribution in [2.45, 2.75) is 25.0 Å². The third-order valence-corrected chi connectivity index (χ3v) is 4.42. The van der Waals surface area contributed by atoms with Gasteiger partial charge in [-0.25, -0.2) is 0 Å². The first-order valence-corrected chi connectivity index (χ1v) is 7.86. The van der Waals surface area contributed by atoms with Crippen molar-refractivity contribution in [3.63, 3.8) is 0 Å². The SMILES string of the molecule is O=[N+]([O-])c1cccc(C(O)CN2CCCC2c2ccccc2)c1. The van der Waals surface area contributed by atoms with Gasteiger partial charge in [-0.3, -0.25) is 15.0 Å². The van der Waals surface area contributed by atoms with Crippen molar-refractivity contribution < 1.29 is 10.0 Å². The molecular weight excluding hydrogens is 292 g/mol. The van der Waals surface area contributed by atoms with Gasteiger partial charge in [-0.05, 0) is 30.5 Å². The Morgan fingerprint density at radius 1 is 1.22 bits per heavy atom. The Labute approximate surface area is 135 Å². The first-order valence-electron chi connectivity index (χ1n) is 7.86. The summed E-state index contributed by atoms with van der Waals surface area (Å²) in [6.07, 6.45) is 1.45. The number of nitro groups is 1. The zero-order valence-electron chi connectivity index (χ0n) is 12.8. The fourth-order valence-corrected chi connectivity index (χ4v) is 3.27. The van der Waals surface area contributed by atoms with Crippen LogP contribution in [0.4, 0.5) is 5.69 Å². The van der Waals surface area contributed by atoms with Crippen LogP contribution in [0.5, 0.6) is 0 Å². The molecule has 2 atom stereocenters. The molecule has 1 fully saturated rings. The fraction of sp³-hybridized carbons (Fsp3) is 0.333. The summed E-state index contributed by atoms with van der Waals surface area (Å²) in [6, 6.07) is 16.9. The molecule has 1 aliphatic heterocycles. The third kappa shape index (κ3) is 3.57. The molecule has 0 aromatic heterocycles. The van der Waals surface area contributed by atoms with E-state index in [4.69, 9.17) is 0 Å². The van der Waals surface area contributed by atoms with Gasteiger partial charge in [0.25, 0.3) is 5.69 Å². The van der Waals surface area contributed by atoms with Crippen LogP contribution in [0.1, 0.15) is 36.1 Å². The third-order valence-electron chi connectivity index (χ3n) is 4.42. The van der Waals surface area contributed by atoms with Crippen molar-refractivity contribution in [1.29, 1.82) is 0 Å². The van der Waals surface area contributed by atoms with E-state index in [0.717, 1.165) is 19.4 Å². The minimum Gasteiger partial charge on any atom is -0.387 e. The van der Waals surface area contributed by atoms with Crippen molar-refractivity contribution in [2.75, 3.05) is 13.1 Å². The molecule has 0 spiro atoms. The summed E-state index contributed by atoms with van der Waals surface area (Å²) in [5.41, 5.74) is 1.87. The molecule has 2 aromatic carbocycles. The average Bonchev–Trinajstić information content (AvgIpc) is 3.04. The number of benzene rings is 2. The Morgan fingerprint density at radius 2 is 2.00 bits per heavy atom. The zero-order valence-corrected chi connectivity index (χ0v) is 12.8. The number of nitro benzene ring substituents is 1. The molecule has 23 heavy (non-hydrogen) atoms. The monoisotopic (exact) mass is 312 g/mol. The summed E-state index contributed by atoms with van der Waals surface area (Å²) in [5, 5.41) is 21.4. The lowest BCUT2D eigenvalue weighted by molar-refractivity contribution is -0.385. The minimum absolute atomic E-state index is 0.0163. The lowest BCUT2D eigenvalue weighted by Crippen LogP contribution is -2.28. The van der Waals surface area contributed by atoms with E-state index in [0.29, 0.717) is 18.2 Å². The molecule has 0 bridgehead atoms.